The Bertz CT molecular complexity index is 1430. The molecule has 224 valence electrons. The molecule has 3 aromatic carbocycles. The van der Waals surface area contributed by atoms with Gasteiger partial charge in [-0.25, -0.2) is 8.42 Å². The third-order valence-corrected chi connectivity index (χ3v) is 8.91. The van der Waals surface area contributed by atoms with E-state index in [2.05, 4.69) is 5.32 Å². The van der Waals surface area contributed by atoms with Gasteiger partial charge in [-0.2, -0.15) is 0 Å². The molecular formula is C32H39N3O6S. The van der Waals surface area contributed by atoms with Crippen LogP contribution in [-0.2, 0) is 26.0 Å². The molecule has 3 aromatic rings. The highest BCUT2D eigenvalue weighted by Gasteiger charge is 2.34. The van der Waals surface area contributed by atoms with Crippen molar-refractivity contribution in [3.63, 3.8) is 0 Å². The molecule has 10 heteroatoms. The maximum absolute atomic E-state index is 14.1. The second kappa shape index (κ2) is 14.7. The van der Waals surface area contributed by atoms with Crippen LogP contribution in [0.4, 0.5) is 5.69 Å². The quantitative estimate of drug-likeness (QED) is 0.278. The largest absolute Gasteiger partial charge is 0.486 e. The summed E-state index contributed by atoms with van der Waals surface area (Å²) in [5.41, 5.74) is 1.28. The average molecular weight is 594 g/mol. The Balaban J connectivity index is 1.69. The van der Waals surface area contributed by atoms with E-state index in [0.29, 0.717) is 44.1 Å². The molecule has 0 spiro atoms. The summed E-state index contributed by atoms with van der Waals surface area (Å²) in [5.74, 6) is 0.191. The predicted octanol–water partition coefficient (Wildman–Crippen LogP) is 4.42. The lowest BCUT2D eigenvalue weighted by atomic mass is 10.1. The molecule has 0 fully saturated rings. The van der Waals surface area contributed by atoms with Crippen molar-refractivity contribution in [1.82, 2.24) is 10.2 Å². The Morgan fingerprint density at radius 3 is 2.24 bits per heavy atom. The van der Waals surface area contributed by atoms with Crippen LogP contribution in [0.1, 0.15) is 38.7 Å². The van der Waals surface area contributed by atoms with Crippen LogP contribution in [0.15, 0.2) is 83.8 Å². The fourth-order valence-corrected chi connectivity index (χ4v) is 6.26. The van der Waals surface area contributed by atoms with Gasteiger partial charge in [0.2, 0.25) is 11.8 Å². The Morgan fingerprint density at radius 2 is 1.57 bits per heavy atom. The van der Waals surface area contributed by atoms with E-state index < -0.39 is 28.5 Å². The number of carbonyl (C=O) groups is 2. The molecule has 1 heterocycles. The Kier molecular flexibility index (Phi) is 10.8. The lowest BCUT2D eigenvalue weighted by molar-refractivity contribution is -0.139. The van der Waals surface area contributed by atoms with Gasteiger partial charge < -0.3 is 19.7 Å². The summed E-state index contributed by atoms with van der Waals surface area (Å²) in [6.07, 6.45) is 2.65. The molecule has 0 aliphatic carbocycles. The van der Waals surface area contributed by atoms with E-state index in [1.165, 1.54) is 17.0 Å². The van der Waals surface area contributed by atoms with Crippen LogP contribution in [0.2, 0.25) is 0 Å². The van der Waals surface area contributed by atoms with E-state index in [9.17, 15) is 18.0 Å². The normalized spacial score (nSPS) is 13.2. The number of unbranched alkanes of at least 4 members (excludes halogenated alkanes) is 1. The number of amides is 2. The van der Waals surface area contributed by atoms with Gasteiger partial charge in [-0.3, -0.25) is 13.9 Å². The summed E-state index contributed by atoms with van der Waals surface area (Å²) < 4.78 is 40.4. The lowest BCUT2D eigenvalue weighted by Crippen LogP contribution is -2.53. The van der Waals surface area contributed by atoms with Gasteiger partial charge in [0.25, 0.3) is 10.0 Å². The molecule has 0 saturated carbocycles. The van der Waals surface area contributed by atoms with Gasteiger partial charge in [0.1, 0.15) is 25.8 Å². The van der Waals surface area contributed by atoms with Crippen molar-refractivity contribution in [2.75, 3.05) is 37.2 Å². The zero-order valence-electron chi connectivity index (χ0n) is 24.2. The number of sulfonamides is 1. The summed E-state index contributed by atoms with van der Waals surface area (Å²) in [7, 11) is -4.16. The average Bonchev–Trinajstić information content (AvgIpc) is 3.02. The summed E-state index contributed by atoms with van der Waals surface area (Å²) in [6, 6.07) is 21.8. The van der Waals surface area contributed by atoms with E-state index in [0.717, 1.165) is 22.7 Å². The maximum Gasteiger partial charge on any atom is 0.264 e. The number of fused-ring (bicyclic) bond motifs is 1. The van der Waals surface area contributed by atoms with E-state index in [1.807, 2.05) is 44.2 Å². The van der Waals surface area contributed by atoms with Gasteiger partial charge in [-0.05, 0) is 49.1 Å². The number of hydrogen-bond acceptors (Lipinski definition) is 6. The third-order valence-electron chi connectivity index (χ3n) is 7.12. The summed E-state index contributed by atoms with van der Waals surface area (Å²) >= 11 is 0. The molecule has 1 aliphatic rings. The molecule has 4 rings (SSSR count). The van der Waals surface area contributed by atoms with E-state index in [-0.39, 0.29) is 23.0 Å². The van der Waals surface area contributed by atoms with Crippen molar-refractivity contribution in [3.8, 4) is 11.5 Å². The number of rotatable bonds is 14. The first-order valence-electron chi connectivity index (χ1n) is 14.4. The molecule has 9 nitrogen and oxygen atoms in total. The van der Waals surface area contributed by atoms with Crippen molar-refractivity contribution in [3.05, 3.63) is 84.4 Å². The zero-order chi connectivity index (χ0) is 30.0. The molecule has 0 unspecified atom stereocenters. The first kappa shape index (κ1) is 30.9. The lowest BCUT2D eigenvalue weighted by Gasteiger charge is -2.33. The maximum atomic E-state index is 14.1. The fourth-order valence-electron chi connectivity index (χ4n) is 4.84. The fraction of sp³-hybridized carbons (Fsp3) is 0.375. The number of nitrogens with zero attached hydrogens (tertiary/aromatic N) is 2. The predicted molar refractivity (Wildman–Crippen MR) is 162 cm³/mol. The minimum absolute atomic E-state index is 0.0490. The van der Waals surface area contributed by atoms with Crippen LogP contribution in [-0.4, -0.2) is 64.0 Å². The van der Waals surface area contributed by atoms with Crippen molar-refractivity contribution < 1.29 is 27.5 Å². The zero-order valence-corrected chi connectivity index (χ0v) is 25.0. The van der Waals surface area contributed by atoms with Gasteiger partial charge in [0, 0.05) is 19.2 Å². The van der Waals surface area contributed by atoms with E-state index in [1.54, 1.807) is 36.4 Å². The number of carbonyl (C=O) groups excluding carboxylic acids is 2. The van der Waals surface area contributed by atoms with Crippen LogP contribution in [0.25, 0.3) is 0 Å². The first-order chi connectivity index (χ1) is 20.3. The Labute approximate surface area is 248 Å². The molecule has 0 bridgehead atoms. The minimum Gasteiger partial charge on any atom is -0.486 e. The third kappa shape index (κ3) is 7.61. The molecule has 42 heavy (non-hydrogen) atoms. The van der Waals surface area contributed by atoms with Gasteiger partial charge >= 0.3 is 0 Å². The topological polar surface area (TPSA) is 105 Å². The number of benzene rings is 3. The Hall–Kier alpha value is -4.05. The van der Waals surface area contributed by atoms with Crippen molar-refractivity contribution in [1.29, 1.82) is 0 Å². The SMILES string of the molecule is CCCCNC(=O)[C@@H](CC)N(CCc1ccccc1)C(=O)CN(c1ccc2c(c1)OCCO2)S(=O)(=O)c1ccccc1. The molecule has 2 amide bonds. The second-order valence-corrected chi connectivity index (χ2v) is 11.9. The molecule has 1 N–H and O–H groups in total. The van der Waals surface area contributed by atoms with Gasteiger partial charge in [-0.15, -0.1) is 0 Å². The number of anilines is 1. The standard InChI is InChI=1S/C32H39N3O6S/c1-3-5-19-33-32(37)28(4-2)34(20-18-25-12-8-6-9-13-25)31(36)24-35(42(38,39)27-14-10-7-11-15-27)26-16-17-29-30(23-26)41-22-21-40-29/h6-17,23,28H,3-5,18-22,24H2,1-2H3,(H,33,37)/t28-/m1/s1. The van der Waals surface area contributed by atoms with Gasteiger partial charge in [0.15, 0.2) is 11.5 Å². The summed E-state index contributed by atoms with van der Waals surface area (Å²) in [6.45, 7) is 4.89. The first-order valence-corrected chi connectivity index (χ1v) is 15.9. The number of nitrogens with one attached hydrogen (secondary N) is 1. The van der Waals surface area contributed by atoms with Crippen molar-refractivity contribution in [2.24, 2.45) is 0 Å². The molecule has 1 atom stereocenters. The second-order valence-electron chi connectivity index (χ2n) is 10.0. The summed E-state index contributed by atoms with van der Waals surface area (Å²) in [5, 5.41) is 2.95. The molecule has 0 saturated heterocycles. The van der Waals surface area contributed by atoms with Crippen LogP contribution < -0.4 is 19.1 Å². The van der Waals surface area contributed by atoms with Crippen LogP contribution in [0, 0.1) is 0 Å². The molecule has 0 aromatic heterocycles. The molecule has 0 radical (unpaired) electrons. The summed E-state index contributed by atoms with van der Waals surface area (Å²) in [4.78, 5) is 29.0. The highest BCUT2D eigenvalue weighted by atomic mass is 32.2. The highest BCUT2D eigenvalue weighted by Crippen LogP contribution is 2.36. The Morgan fingerprint density at radius 1 is 0.905 bits per heavy atom. The molecular weight excluding hydrogens is 554 g/mol. The van der Waals surface area contributed by atoms with Crippen molar-refractivity contribution in [2.45, 2.75) is 50.5 Å². The van der Waals surface area contributed by atoms with E-state index in [4.69, 9.17) is 9.47 Å². The number of ether oxygens (including phenoxy) is 2. The van der Waals surface area contributed by atoms with Crippen LogP contribution in [0.5, 0.6) is 11.5 Å². The smallest absolute Gasteiger partial charge is 0.264 e. The minimum atomic E-state index is -4.16. The van der Waals surface area contributed by atoms with Gasteiger partial charge in [-0.1, -0.05) is 68.8 Å². The van der Waals surface area contributed by atoms with Crippen molar-refractivity contribution >= 4 is 27.5 Å². The van der Waals surface area contributed by atoms with Gasteiger partial charge in [0.05, 0.1) is 10.6 Å². The highest BCUT2D eigenvalue weighted by molar-refractivity contribution is 7.92. The van der Waals surface area contributed by atoms with E-state index >= 15 is 0 Å². The molecule has 1 aliphatic heterocycles. The van der Waals surface area contributed by atoms with Crippen LogP contribution in [0.3, 0.4) is 0 Å². The van der Waals surface area contributed by atoms with Crippen LogP contribution >= 0.6 is 0 Å². The monoisotopic (exact) mass is 593 g/mol. The number of hydrogen-bond donors (Lipinski definition) is 1.